The Balaban J connectivity index is 2.50. The van der Waals surface area contributed by atoms with E-state index in [1.165, 1.54) is 4.90 Å². The lowest BCUT2D eigenvalue weighted by Gasteiger charge is -2.36. The number of hydrogen-bond acceptors (Lipinski definition) is 4. The van der Waals surface area contributed by atoms with E-state index in [0.29, 0.717) is 12.5 Å². The lowest BCUT2D eigenvalue weighted by molar-refractivity contribution is -0.0435. The van der Waals surface area contributed by atoms with Gasteiger partial charge in [-0.15, -0.1) is 0 Å². The second kappa shape index (κ2) is 5.69. The van der Waals surface area contributed by atoms with Crippen molar-refractivity contribution >= 4 is 15.5 Å². The Labute approximate surface area is 125 Å². The number of benzene rings is 1. The van der Waals surface area contributed by atoms with Gasteiger partial charge in [0.1, 0.15) is 10.7 Å². The third-order valence-corrected chi connectivity index (χ3v) is 5.29. The Morgan fingerprint density at radius 1 is 1.32 bits per heavy atom. The van der Waals surface area contributed by atoms with Crippen molar-refractivity contribution in [2.75, 3.05) is 18.0 Å². The van der Waals surface area contributed by atoms with Crippen molar-refractivity contribution in [3.8, 4) is 0 Å². The van der Waals surface area contributed by atoms with Gasteiger partial charge >= 0.3 is 5.51 Å². The molecule has 1 saturated heterocycles. The highest BCUT2D eigenvalue weighted by molar-refractivity contribution is 7.92. The largest absolute Gasteiger partial charge is 0.501 e. The van der Waals surface area contributed by atoms with E-state index in [0.717, 1.165) is 12.1 Å². The minimum atomic E-state index is -5.67. The van der Waals surface area contributed by atoms with E-state index in [9.17, 15) is 31.1 Å². The smallest absolute Gasteiger partial charge is 0.391 e. The maximum absolute atomic E-state index is 13.3. The summed E-state index contributed by atoms with van der Waals surface area (Å²) in [6.45, 7) is 2.07. The summed E-state index contributed by atoms with van der Waals surface area (Å²) in [7, 11) is -5.67. The number of aliphatic hydroxyl groups excluding tert-OH is 1. The fraction of sp³-hybridized carbons (Fsp3) is 0.538. The topological polar surface area (TPSA) is 57.6 Å². The maximum Gasteiger partial charge on any atom is 0.501 e. The van der Waals surface area contributed by atoms with Gasteiger partial charge in [0.05, 0.1) is 11.8 Å². The zero-order valence-electron chi connectivity index (χ0n) is 11.6. The van der Waals surface area contributed by atoms with E-state index in [1.807, 2.05) is 0 Å². The minimum Gasteiger partial charge on any atom is -0.391 e. The zero-order valence-corrected chi connectivity index (χ0v) is 12.5. The molecule has 124 valence electrons. The number of alkyl halides is 3. The summed E-state index contributed by atoms with van der Waals surface area (Å²) in [4.78, 5) is 0.213. The van der Waals surface area contributed by atoms with Crippen molar-refractivity contribution in [1.82, 2.24) is 0 Å². The standard InChI is InChI=1S/C13H15F4NO3S/c1-8-4-5-18(7-11(8)19)10-3-2-9(14)6-12(10)22(20,21)13(15,16)17/h2-3,6,8,11,19H,4-5,7H2,1H3. The van der Waals surface area contributed by atoms with Crippen molar-refractivity contribution in [3.63, 3.8) is 0 Å². The lowest BCUT2D eigenvalue weighted by atomic mass is 9.96. The van der Waals surface area contributed by atoms with Crippen LogP contribution < -0.4 is 4.90 Å². The van der Waals surface area contributed by atoms with Crippen LogP contribution in [0.4, 0.5) is 23.2 Å². The predicted molar refractivity (Wildman–Crippen MR) is 71.6 cm³/mol. The van der Waals surface area contributed by atoms with E-state index >= 15 is 0 Å². The molecule has 9 heteroatoms. The van der Waals surface area contributed by atoms with E-state index in [2.05, 4.69) is 0 Å². The molecule has 4 nitrogen and oxygen atoms in total. The molecule has 0 aliphatic carbocycles. The minimum absolute atomic E-state index is 0.00677. The normalized spacial score (nSPS) is 23.6. The molecule has 2 rings (SSSR count). The number of hydrogen-bond donors (Lipinski definition) is 1. The van der Waals surface area contributed by atoms with E-state index < -0.39 is 32.2 Å². The Kier molecular flexibility index (Phi) is 4.40. The van der Waals surface area contributed by atoms with Crippen LogP contribution in [0.1, 0.15) is 13.3 Å². The van der Waals surface area contributed by atoms with Gasteiger partial charge in [-0.05, 0) is 30.5 Å². The van der Waals surface area contributed by atoms with E-state index in [1.54, 1.807) is 6.92 Å². The molecule has 1 N–H and O–H groups in total. The quantitative estimate of drug-likeness (QED) is 0.839. The van der Waals surface area contributed by atoms with Crippen LogP contribution in [0.25, 0.3) is 0 Å². The van der Waals surface area contributed by atoms with Gasteiger partial charge in [-0.1, -0.05) is 6.92 Å². The third kappa shape index (κ3) is 3.05. The summed E-state index contributed by atoms with van der Waals surface area (Å²) in [5, 5.41) is 9.83. The van der Waals surface area contributed by atoms with Crippen molar-refractivity contribution in [1.29, 1.82) is 0 Å². The number of aliphatic hydroxyl groups is 1. The second-order valence-corrected chi connectivity index (χ2v) is 7.25. The first kappa shape index (κ1) is 17.0. The molecule has 22 heavy (non-hydrogen) atoms. The average Bonchev–Trinajstić information content (AvgIpc) is 2.40. The van der Waals surface area contributed by atoms with Crippen molar-refractivity contribution < 1.29 is 31.1 Å². The average molecular weight is 341 g/mol. The van der Waals surface area contributed by atoms with Gasteiger partial charge in [0.25, 0.3) is 9.84 Å². The summed E-state index contributed by atoms with van der Waals surface area (Å²) in [5.74, 6) is -1.11. The molecule has 0 saturated carbocycles. The van der Waals surface area contributed by atoms with Gasteiger partial charge in [-0.3, -0.25) is 0 Å². The highest BCUT2D eigenvalue weighted by Crippen LogP contribution is 2.37. The van der Waals surface area contributed by atoms with E-state index in [4.69, 9.17) is 0 Å². The summed E-state index contributed by atoms with van der Waals surface area (Å²) in [5.41, 5.74) is -5.76. The van der Waals surface area contributed by atoms with Crippen LogP contribution in [0.5, 0.6) is 0 Å². The highest BCUT2D eigenvalue weighted by Gasteiger charge is 2.48. The number of nitrogens with zero attached hydrogens (tertiary/aromatic N) is 1. The Morgan fingerprint density at radius 3 is 2.50 bits per heavy atom. The van der Waals surface area contributed by atoms with Gasteiger partial charge < -0.3 is 10.0 Å². The van der Waals surface area contributed by atoms with Crippen LogP contribution >= 0.6 is 0 Å². The molecule has 0 spiro atoms. The molecule has 0 aromatic heterocycles. The third-order valence-electron chi connectivity index (χ3n) is 3.78. The second-order valence-electron chi connectivity index (χ2n) is 5.34. The molecule has 0 amide bonds. The van der Waals surface area contributed by atoms with E-state index in [-0.39, 0.29) is 24.7 Å². The fourth-order valence-corrected chi connectivity index (χ4v) is 3.35. The fourth-order valence-electron chi connectivity index (χ4n) is 2.36. The molecule has 1 aliphatic rings. The molecule has 2 atom stereocenters. The predicted octanol–water partition coefficient (Wildman–Crippen LogP) is 2.33. The summed E-state index contributed by atoms with van der Waals surface area (Å²) >= 11 is 0. The molecular weight excluding hydrogens is 326 g/mol. The lowest BCUT2D eigenvalue weighted by Crippen LogP contribution is -2.43. The number of anilines is 1. The number of sulfone groups is 1. The molecule has 1 heterocycles. The number of β-amino-alcohol motifs (C(OH)–C–C–N with tert-alkyl or cyclic N) is 1. The van der Waals surface area contributed by atoms with Crippen LogP contribution in [-0.4, -0.2) is 38.2 Å². The maximum atomic E-state index is 13.3. The zero-order chi connectivity index (χ0) is 16.7. The Bertz CT molecular complexity index is 660. The van der Waals surface area contributed by atoms with Gasteiger partial charge in [-0.25, -0.2) is 12.8 Å². The van der Waals surface area contributed by atoms with Gasteiger partial charge in [0.15, 0.2) is 0 Å². The Morgan fingerprint density at radius 2 is 1.95 bits per heavy atom. The summed E-state index contributed by atoms with van der Waals surface area (Å²) < 4.78 is 74.8. The van der Waals surface area contributed by atoms with Gasteiger partial charge in [0, 0.05) is 13.1 Å². The van der Waals surface area contributed by atoms with Crippen LogP contribution in [0, 0.1) is 11.7 Å². The summed E-state index contributed by atoms with van der Waals surface area (Å²) in [6.07, 6.45) is -0.301. The first-order valence-electron chi connectivity index (χ1n) is 6.58. The molecule has 1 aromatic rings. The van der Waals surface area contributed by atoms with Crippen LogP contribution in [-0.2, 0) is 9.84 Å². The van der Waals surface area contributed by atoms with Crippen LogP contribution in [0.15, 0.2) is 23.1 Å². The van der Waals surface area contributed by atoms with Crippen LogP contribution in [0.3, 0.4) is 0 Å². The van der Waals surface area contributed by atoms with Crippen molar-refractivity contribution in [2.24, 2.45) is 5.92 Å². The SMILES string of the molecule is CC1CCN(c2ccc(F)cc2S(=O)(=O)C(F)(F)F)CC1O. The van der Waals surface area contributed by atoms with Gasteiger partial charge in [0.2, 0.25) is 0 Å². The highest BCUT2D eigenvalue weighted by atomic mass is 32.2. The van der Waals surface area contributed by atoms with Gasteiger partial charge in [-0.2, -0.15) is 13.2 Å². The number of halogens is 4. The molecule has 0 bridgehead atoms. The number of piperidine rings is 1. The van der Waals surface area contributed by atoms with Crippen molar-refractivity contribution in [3.05, 3.63) is 24.0 Å². The molecule has 0 radical (unpaired) electrons. The number of rotatable bonds is 2. The summed E-state index contributed by atoms with van der Waals surface area (Å²) in [6, 6.07) is 2.26. The molecule has 1 aromatic carbocycles. The van der Waals surface area contributed by atoms with Crippen LogP contribution in [0.2, 0.25) is 0 Å². The monoisotopic (exact) mass is 341 g/mol. The first-order valence-corrected chi connectivity index (χ1v) is 8.06. The molecule has 2 unspecified atom stereocenters. The Hall–Kier alpha value is -1.35. The first-order chi connectivity index (χ1) is 10.0. The molecule has 1 fully saturated rings. The van der Waals surface area contributed by atoms with Crippen molar-refractivity contribution in [2.45, 2.75) is 29.9 Å². The molecular formula is C13H15F4NO3S. The molecule has 1 aliphatic heterocycles.